The standard InChI is InChI=1S/C13H5NS/c1-2-6-10(7-3-1)13-14-11-8-4-5-9-12(11)15-13/h4-6,8-9H. The number of hydrogen-bond acceptors (Lipinski definition) is 2. The van der Waals surface area contributed by atoms with Gasteiger partial charge < -0.3 is 0 Å². The Labute approximate surface area is 92.0 Å². The number of para-hydroxylation sites is 1. The Morgan fingerprint density at radius 2 is 2.07 bits per heavy atom. The molecule has 3 aromatic rings. The molecule has 3 rings (SSSR count). The van der Waals surface area contributed by atoms with Crippen molar-refractivity contribution in [2.45, 2.75) is 0 Å². The molecule has 0 saturated heterocycles. The first-order chi connectivity index (χ1) is 7.43. The Morgan fingerprint density at radius 3 is 2.87 bits per heavy atom. The van der Waals surface area contributed by atoms with Crippen LogP contribution in [0, 0.1) is 24.3 Å². The largest absolute Gasteiger partial charge is 0.236 e. The maximum Gasteiger partial charge on any atom is 0.125 e. The summed E-state index contributed by atoms with van der Waals surface area (Å²) in [5, 5.41) is 0.956. The minimum atomic E-state index is 0.926. The van der Waals surface area contributed by atoms with Crippen molar-refractivity contribution in [3.8, 4) is 10.6 Å². The lowest BCUT2D eigenvalue weighted by Gasteiger charge is -1.90. The molecule has 4 radical (unpaired) electrons. The van der Waals surface area contributed by atoms with Gasteiger partial charge in [0.15, 0.2) is 0 Å². The van der Waals surface area contributed by atoms with Gasteiger partial charge in [0.1, 0.15) is 5.01 Å². The minimum absolute atomic E-state index is 0.926. The highest BCUT2D eigenvalue weighted by atomic mass is 32.1. The van der Waals surface area contributed by atoms with Gasteiger partial charge in [-0.2, -0.15) is 0 Å². The SMILES string of the molecule is [c]1[c][c]c(-c2nc3ccccc3s2)c[c]1. The fraction of sp³-hybridized carbons (Fsp3) is 0. The highest BCUT2D eigenvalue weighted by Crippen LogP contribution is 2.28. The Hall–Kier alpha value is -1.67. The number of thiazole rings is 1. The second kappa shape index (κ2) is 3.48. The molecule has 2 heteroatoms. The molecule has 0 unspecified atom stereocenters. The summed E-state index contributed by atoms with van der Waals surface area (Å²) in [7, 11) is 0. The third-order valence-electron chi connectivity index (χ3n) is 2.07. The lowest BCUT2D eigenvalue weighted by molar-refractivity contribution is 1.47. The third kappa shape index (κ3) is 1.53. The van der Waals surface area contributed by atoms with Crippen LogP contribution >= 0.6 is 11.3 Å². The molecule has 0 fully saturated rings. The van der Waals surface area contributed by atoms with Crippen LogP contribution in [0.25, 0.3) is 20.8 Å². The second-order valence-corrected chi connectivity index (χ2v) is 4.09. The fourth-order valence-electron chi connectivity index (χ4n) is 1.38. The zero-order valence-electron chi connectivity index (χ0n) is 7.74. The van der Waals surface area contributed by atoms with Gasteiger partial charge in [0.05, 0.1) is 10.2 Å². The van der Waals surface area contributed by atoms with Crippen molar-refractivity contribution >= 4 is 21.6 Å². The Bertz CT molecular complexity index is 551. The Morgan fingerprint density at radius 1 is 1.13 bits per heavy atom. The van der Waals surface area contributed by atoms with E-state index in [0.29, 0.717) is 0 Å². The monoisotopic (exact) mass is 207 g/mol. The molecule has 68 valence electrons. The molecule has 0 bridgehead atoms. The molecule has 1 nitrogen and oxygen atoms in total. The molecule has 1 heterocycles. The summed E-state index contributed by atoms with van der Waals surface area (Å²) in [4.78, 5) is 4.52. The summed E-state index contributed by atoms with van der Waals surface area (Å²) in [5.74, 6) is 0. The van der Waals surface area contributed by atoms with Crippen LogP contribution in [0.4, 0.5) is 0 Å². The summed E-state index contributed by atoms with van der Waals surface area (Å²) in [6.45, 7) is 0. The average molecular weight is 207 g/mol. The van der Waals surface area contributed by atoms with Crippen LogP contribution in [0.2, 0.25) is 0 Å². The molecule has 2 aromatic carbocycles. The highest BCUT2D eigenvalue weighted by Gasteiger charge is 2.04. The van der Waals surface area contributed by atoms with Crippen molar-refractivity contribution in [1.29, 1.82) is 0 Å². The normalized spacial score (nSPS) is 10.7. The van der Waals surface area contributed by atoms with E-state index < -0.39 is 0 Å². The molecule has 0 spiro atoms. The van der Waals surface area contributed by atoms with E-state index in [1.165, 1.54) is 4.70 Å². The van der Waals surface area contributed by atoms with Crippen molar-refractivity contribution in [1.82, 2.24) is 4.98 Å². The average Bonchev–Trinajstić information content (AvgIpc) is 2.74. The van der Waals surface area contributed by atoms with Gasteiger partial charge >= 0.3 is 0 Å². The van der Waals surface area contributed by atoms with Crippen LogP contribution in [0.15, 0.2) is 30.3 Å². The Kier molecular flexibility index (Phi) is 2.00. The van der Waals surface area contributed by atoms with Gasteiger partial charge in [-0.1, -0.05) is 12.1 Å². The highest BCUT2D eigenvalue weighted by molar-refractivity contribution is 7.21. The summed E-state index contributed by atoms with van der Waals surface area (Å²) >= 11 is 1.65. The van der Waals surface area contributed by atoms with E-state index in [2.05, 4.69) is 35.3 Å². The summed E-state index contributed by atoms with van der Waals surface area (Å²) in [6.07, 6.45) is 0. The smallest absolute Gasteiger partial charge is 0.125 e. The van der Waals surface area contributed by atoms with Crippen LogP contribution in [0.5, 0.6) is 0 Å². The van der Waals surface area contributed by atoms with Crippen LogP contribution < -0.4 is 0 Å². The number of benzene rings is 2. The molecule has 0 saturated carbocycles. The van der Waals surface area contributed by atoms with E-state index >= 15 is 0 Å². The molecular weight excluding hydrogens is 202 g/mol. The first kappa shape index (κ1) is 8.62. The van der Waals surface area contributed by atoms with E-state index in [0.717, 1.165) is 16.1 Å². The number of rotatable bonds is 1. The van der Waals surface area contributed by atoms with Gasteiger partial charge in [-0.15, -0.1) is 11.3 Å². The van der Waals surface area contributed by atoms with E-state index in [4.69, 9.17) is 0 Å². The van der Waals surface area contributed by atoms with Crippen molar-refractivity contribution < 1.29 is 0 Å². The number of nitrogens with zero attached hydrogens (tertiary/aromatic N) is 1. The first-order valence-corrected chi connectivity index (χ1v) is 5.33. The molecule has 15 heavy (non-hydrogen) atoms. The van der Waals surface area contributed by atoms with Crippen molar-refractivity contribution in [2.24, 2.45) is 0 Å². The second-order valence-electron chi connectivity index (χ2n) is 3.06. The third-order valence-corrected chi connectivity index (χ3v) is 3.14. The van der Waals surface area contributed by atoms with Crippen molar-refractivity contribution in [3.63, 3.8) is 0 Å². The van der Waals surface area contributed by atoms with Crippen LogP contribution in [0.1, 0.15) is 0 Å². The summed E-state index contributed by atoms with van der Waals surface area (Å²) in [6, 6.07) is 21.2. The van der Waals surface area contributed by atoms with Gasteiger partial charge in [0.2, 0.25) is 0 Å². The van der Waals surface area contributed by atoms with Gasteiger partial charge in [-0.05, 0) is 30.3 Å². The molecule has 0 aliphatic heterocycles. The lowest BCUT2D eigenvalue weighted by atomic mass is 10.2. The van der Waals surface area contributed by atoms with E-state index in [-0.39, 0.29) is 0 Å². The van der Waals surface area contributed by atoms with E-state index in [9.17, 15) is 0 Å². The Balaban J connectivity index is 2.21. The van der Waals surface area contributed by atoms with E-state index in [1.54, 1.807) is 11.3 Å². The topological polar surface area (TPSA) is 12.9 Å². The summed E-state index contributed by atoms with van der Waals surface area (Å²) < 4.78 is 1.19. The molecule has 1 aromatic heterocycles. The first-order valence-electron chi connectivity index (χ1n) is 4.51. The van der Waals surface area contributed by atoms with Gasteiger partial charge in [-0.3, -0.25) is 0 Å². The zero-order valence-corrected chi connectivity index (χ0v) is 8.56. The van der Waals surface area contributed by atoms with E-state index in [1.807, 2.05) is 24.3 Å². The molecule has 0 aliphatic rings. The predicted molar refractivity (Wildman–Crippen MR) is 60.4 cm³/mol. The summed E-state index contributed by atoms with van der Waals surface area (Å²) in [5.41, 5.74) is 1.95. The maximum atomic E-state index is 4.52. The van der Waals surface area contributed by atoms with Gasteiger partial charge in [0.25, 0.3) is 0 Å². The molecule has 0 aliphatic carbocycles. The van der Waals surface area contributed by atoms with Gasteiger partial charge in [0, 0.05) is 17.7 Å². The minimum Gasteiger partial charge on any atom is -0.236 e. The molecular formula is C13H5NS. The van der Waals surface area contributed by atoms with Gasteiger partial charge in [-0.25, -0.2) is 4.98 Å². The van der Waals surface area contributed by atoms with Crippen LogP contribution in [-0.2, 0) is 0 Å². The quantitative estimate of drug-likeness (QED) is 0.597. The molecule has 0 atom stereocenters. The molecule has 0 N–H and O–H groups in total. The maximum absolute atomic E-state index is 4.52. The zero-order chi connectivity index (χ0) is 10.1. The lowest BCUT2D eigenvalue weighted by Crippen LogP contribution is -1.74. The number of aromatic nitrogens is 1. The van der Waals surface area contributed by atoms with Crippen molar-refractivity contribution in [3.05, 3.63) is 54.6 Å². The van der Waals surface area contributed by atoms with Crippen LogP contribution in [0.3, 0.4) is 0 Å². The van der Waals surface area contributed by atoms with Crippen LogP contribution in [-0.4, -0.2) is 4.98 Å². The predicted octanol–water partition coefficient (Wildman–Crippen LogP) is 3.16. The fourth-order valence-corrected chi connectivity index (χ4v) is 2.32. The number of fused-ring (bicyclic) bond motifs is 1. The number of hydrogen-bond donors (Lipinski definition) is 0. The van der Waals surface area contributed by atoms with Crippen molar-refractivity contribution in [2.75, 3.05) is 0 Å². The molecule has 0 amide bonds.